The van der Waals surface area contributed by atoms with Gasteiger partial charge in [0, 0.05) is 26.2 Å². The normalized spacial score (nSPS) is 16.1. The van der Waals surface area contributed by atoms with Crippen LogP contribution in [0.2, 0.25) is 0 Å². The number of rotatable bonds is 12. The van der Waals surface area contributed by atoms with Gasteiger partial charge in [-0.15, -0.1) is 0 Å². The van der Waals surface area contributed by atoms with Gasteiger partial charge < -0.3 is 23.5 Å². The quantitative estimate of drug-likeness (QED) is 0.429. The fraction of sp³-hybridized carbons (Fsp3) is 0.542. The zero-order valence-electron chi connectivity index (χ0n) is 20.1. The summed E-state index contributed by atoms with van der Waals surface area (Å²) in [5.74, 6) is 1.57. The van der Waals surface area contributed by atoms with Crippen LogP contribution in [0.5, 0.6) is 11.5 Å². The number of carbonyl (C=O) groups is 1. The first-order valence-corrected chi connectivity index (χ1v) is 13.5. The lowest BCUT2D eigenvalue weighted by molar-refractivity contribution is -0.133. The number of morpholine rings is 1. The molecule has 10 nitrogen and oxygen atoms in total. The summed E-state index contributed by atoms with van der Waals surface area (Å²) in [7, 11) is -3.55. The number of benzene rings is 1. The van der Waals surface area contributed by atoms with Crippen molar-refractivity contribution >= 4 is 15.9 Å². The van der Waals surface area contributed by atoms with Crippen LogP contribution in [0.4, 0.5) is 0 Å². The highest BCUT2D eigenvalue weighted by Gasteiger charge is 2.27. The SMILES string of the molecule is CCS(=O)(=O)N(CCCN1CCOCC1)CC(=O)N(Cc1ccc2c(c1)OCO2)Cc1ccco1. The molecule has 4 rings (SSSR count). The van der Waals surface area contributed by atoms with Gasteiger partial charge in [-0.2, -0.15) is 4.31 Å². The molecule has 11 heteroatoms. The van der Waals surface area contributed by atoms with Crippen molar-refractivity contribution in [3.05, 3.63) is 47.9 Å². The summed E-state index contributed by atoms with van der Waals surface area (Å²) in [6.07, 6.45) is 2.20. The number of furan rings is 1. The van der Waals surface area contributed by atoms with Gasteiger partial charge in [-0.1, -0.05) is 6.07 Å². The van der Waals surface area contributed by atoms with Crippen LogP contribution >= 0.6 is 0 Å². The monoisotopic (exact) mass is 507 g/mol. The van der Waals surface area contributed by atoms with Gasteiger partial charge in [-0.3, -0.25) is 9.69 Å². The summed E-state index contributed by atoms with van der Waals surface area (Å²) in [6, 6.07) is 9.08. The molecular weight excluding hydrogens is 474 g/mol. The van der Waals surface area contributed by atoms with Crippen molar-refractivity contribution in [3.63, 3.8) is 0 Å². The number of nitrogens with zero attached hydrogens (tertiary/aromatic N) is 3. The second-order valence-corrected chi connectivity index (χ2v) is 10.8. The maximum Gasteiger partial charge on any atom is 0.238 e. The van der Waals surface area contributed by atoms with Crippen molar-refractivity contribution in [2.45, 2.75) is 26.4 Å². The Morgan fingerprint density at radius 3 is 2.63 bits per heavy atom. The molecule has 2 aromatic rings. The number of fused-ring (bicyclic) bond motifs is 1. The predicted molar refractivity (Wildman–Crippen MR) is 128 cm³/mol. The van der Waals surface area contributed by atoms with E-state index in [9.17, 15) is 13.2 Å². The first-order valence-electron chi connectivity index (χ1n) is 11.9. The van der Waals surface area contributed by atoms with Crippen molar-refractivity contribution in [2.75, 3.05) is 58.5 Å². The zero-order valence-corrected chi connectivity index (χ0v) is 20.9. The smallest absolute Gasteiger partial charge is 0.238 e. The van der Waals surface area contributed by atoms with Crippen molar-refractivity contribution in [2.24, 2.45) is 0 Å². The standard InChI is InChI=1S/C24H33N3O7S/c1-2-35(29,30)27(9-4-8-25-10-13-31-14-11-25)18-24(28)26(17-21-5-3-12-32-21)16-20-6-7-22-23(15-20)34-19-33-22/h3,5-7,12,15H,2,4,8-11,13-14,16-19H2,1H3. The van der Waals surface area contributed by atoms with Gasteiger partial charge >= 0.3 is 0 Å². The molecule has 192 valence electrons. The summed E-state index contributed by atoms with van der Waals surface area (Å²) < 4.78 is 48.6. The number of amides is 1. The maximum absolute atomic E-state index is 13.4. The molecule has 1 aromatic heterocycles. The summed E-state index contributed by atoms with van der Waals surface area (Å²) in [5, 5.41) is 0. The fourth-order valence-electron chi connectivity index (χ4n) is 4.13. The molecule has 0 bridgehead atoms. The molecule has 1 aromatic carbocycles. The summed E-state index contributed by atoms with van der Waals surface area (Å²) in [4.78, 5) is 17.3. The van der Waals surface area contributed by atoms with Gasteiger partial charge in [0.15, 0.2) is 11.5 Å². The van der Waals surface area contributed by atoms with Gasteiger partial charge in [0.05, 0.1) is 38.3 Å². The third-order valence-corrected chi connectivity index (χ3v) is 7.97. The Hall–Kier alpha value is -2.60. The minimum absolute atomic E-state index is 0.0574. The van der Waals surface area contributed by atoms with E-state index < -0.39 is 10.0 Å². The Balaban J connectivity index is 1.44. The second kappa shape index (κ2) is 11.9. The van der Waals surface area contributed by atoms with Crippen LogP contribution in [0.25, 0.3) is 0 Å². The average molecular weight is 508 g/mol. The maximum atomic E-state index is 13.4. The second-order valence-electron chi connectivity index (χ2n) is 8.56. The highest BCUT2D eigenvalue weighted by atomic mass is 32.2. The predicted octanol–water partition coefficient (Wildman–Crippen LogP) is 1.91. The Morgan fingerprint density at radius 1 is 1.09 bits per heavy atom. The molecular formula is C24H33N3O7S. The Kier molecular flexibility index (Phi) is 8.66. The molecule has 0 aliphatic carbocycles. The Labute approximate surface area is 206 Å². The summed E-state index contributed by atoms with van der Waals surface area (Å²) >= 11 is 0. The third kappa shape index (κ3) is 6.97. The van der Waals surface area contributed by atoms with Crippen LogP contribution in [0.1, 0.15) is 24.7 Å². The minimum atomic E-state index is -3.55. The topological polar surface area (TPSA) is 102 Å². The van der Waals surface area contributed by atoms with E-state index in [1.807, 2.05) is 18.2 Å². The molecule has 0 atom stereocenters. The molecule has 3 heterocycles. The highest BCUT2D eigenvalue weighted by molar-refractivity contribution is 7.89. The molecule has 0 unspecified atom stereocenters. The fourth-order valence-corrected chi connectivity index (χ4v) is 5.21. The molecule has 0 N–H and O–H groups in total. The van der Waals surface area contributed by atoms with Crippen LogP contribution in [-0.4, -0.2) is 86.9 Å². The number of hydrogen-bond acceptors (Lipinski definition) is 8. The molecule has 1 saturated heterocycles. The van der Waals surface area contributed by atoms with E-state index in [0.29, 0.717) is 36.9 Å². The van der Waals surface area contributed by atoms with Crippen LogP contribution in [0.15, 0.2) is 41.0 Å². The molecule has 1 amide bonds. The van der Waals surface area contributed by atoms with E-state index in [2.05, 4.69) is 4.90 Å². The molecule has 2 aliphatic heterocycles. The van der Waals surface area contributed by atoms with Crippen LogP contribution in [0.3, 0.4) is 0 Å². The molecule has 0 radical (unpaired) electrons. The van der Waals surface area contributed by atoms with Gasteiger partial charge in [-0.05, 0) is 49.7 Å². The van der Waals surface area contributed by atoms with E-state index in [-0.39, 0.29) is 44.6 Å². The summed E-state index contributed by atoms with van der Waals surface area (Å²) in [5.41, 5.74) is 0.853. The Bertz CT molecular complexity index is 1070. The van der Waals surface area contributed by atoms with Crippen LogP contribution in [-0.2, 0) is 32.6 Å². The molecule has 1 fully saturated rings. The molecule has 2 aliphatic rings. The third-order valence-electron chi connectivity index (χ3n) is 6.15. The van der Waals surface area contributed by atoms with E-state index >= 15 is 0 Å². The zero-order chi connectivity index (χ0) is 24.7. The molecule has 0 spiro atoms. The molecule has 35 heavy (non-hydrogen) atoms. The van der Waals surface area contributed by atoms with Crippen molar-refractivity contribution < 1.29 is 31.8 Å². The minimum Gasteiger partial charge on any atom is -0.467 e. The first-order chi connectivity index (χ1) is 16.9. The van der Waals surface area contributed by atoms with Crippen LogP contribution in [0, 0.1) is 0 Å². The lowest BCUT2D eigenvalue weighted by Gasteiger charge is -2.29. The van der Waals surface area contributed by atoms with E-state index in [4.69, 9.17) is 18.6 Å². The average Bonchev–Trinajstić information content (AvgIpc) is 3.55. The molecule has 0 saturated carbocycles. The van der Waals surface area contributed by atoms with E-state index in [1.54, 1.807) is 30.2 Å². The van der Waals surface area contributed by atoms with Crippen molar-refractivity contribution in [1.82, 2.24) is 14.1 Å². The first kappa shape index (κ1) is 25.5. The van der Waals surface area contributed by atoms with Crippen molar-refractivity contribution in [1.29, 1.82) is 0 Å². The van der Waals surface area contributed by atoms with E-state index in [0.717, 1.165) is 25.2 Å². The highest BCUT2D eigenvalue weighted by Crippen LogP contribution is 2.33. The number of carbonyl (C=O) groups excluding carboxylic acids is 1. The largest absolute Gasteiger partial charge is 0.467 e. The number of ether oxygens (including phenoxy) is 3. The van der Waals surface area contributed by atoms with Crippen LogP contribution < -0.4 is 9.47 Å². The summed E-state index contributed by atoms with van der Waals surface area (Å²) in [6.45, 7) is 6.18. The lowest BCUT2D eigenvalue weighted by Crippen LogP contribution is -2.44. The van der Waals surface area contributed by atoms with Gasteiger partial charge in [-0.25, -0.2) is 8.42 Å². The number of hydrogen-bond donors (Lipinski definition) is 0. The Morgan fingerprint density at radius 2 is 1.89 bits per heavy atom. The van der Waals surface area contributed by atoms with Gasteiger partial charge in [0.1, 0.15) is 5.76 Å². The van der Waals surface area contributed by atoms with Crippen molar-refractivity contribution in [3.8, 4) is 11.5 Å². The lowest BCUT2D eigenvalue weighted by atomic mass is 10.2. The number of sulfonamides is 1. The van der Waals surface area contributed by atoms with E-state index in [1.165, 1.54) is 4.31 Å². The van der Waals surface area contributed by atoms with Gasteiger partial charge in [0.25, 0.3) is 0 Å². The van der Waals surface area contributed by atoms with Gasteiger partial charge in [0.2, 0.25) is 22.7 Å².